The normalized spacial score (nSPS) is 18.1. The van der Waals surface area contributed by atoms with Gasteiger partial charge in [-0.05, 0) is 38.1 Å². The van der Waals surface area contributed by atoms with Gasteiger partial charge in [-0.2, -0.15) is 5.10 Å². The molecule has 0 radical (unpaired) electrons. The van der Waals surface area contributed by atoms with Crippen LogP contribution in [0.1, 0.15) is 12.1 Å². The molecule has 2 N–H and O–H groups in total. The van der Waals surface area contributed by atoms with Crippen molar-refractivity contribution in [1.29, 1.82) is 0 Å². The SMILES string of the molecule is Cc1ccn(-c2ccccc2NC(=O)C2CCNC2)n1. The van der Waals surface area contributed by atoms with Crippen molar-refractivity contribution in [1.82, 2.24) is 15.1 Å². The second-order valence-electron chi connectivity index (χ2n) is 5.10. The van der Waals surface area contributed by atoms with E-state index in [2.05, 4.69) is 15.7 Å². The molecule has 1 atom stereocenters. The number of benzene rings is 1. The summed E-state index contributed by atoms with van der Waals surface area (Å²) in [5.41, 5.74) is 2.64. The number of rotatable bonds is 3. The van der Waals surface area contributed by atoms with Gasteiger partial charge >= 0.3 is 0 Å². The van der Waals surface area contributed by atoms with Crippen molar-refractivity contribution < 1.29 is 4.79 Å². The second kappa shape index (κ2) is 5.46. The lowest BCUT2D eigenvalue weighted by atomic mass is 10.1. The minimum atomic E-state index is 0.0578. The Morgan fingerprint density at radius 3 is 2.95 bits per heavy atom. The summed E-state index contributed by atoms with van der Waals surface area (Å²) >= 11 is 0. The summed E-state index contributed by atoms with van der Waals surface area (Å²) in [5, 5.41) is 10.6. The van der Waals surface area contributed by atoms with Crippen molar-refractivity contribution >= 4 is 11.6 Å². The van der Waals surface area contributed by atoms with Crippen molar-refractivity contribution in [2.24, 2.45) is 5.92 Å². The predicted molar refractivity (Wildman–Crippen MR) is 77.9 cm³/mol. The maximum Gasteiger partial charge on any atom is 0.228 e. The lowest BCUT2D eigenvalue weighted by Crippen LogP contribution is -2.25. The molecule has 1 aromatic carbocycles. The van der Waals surface area contributed by atoms with E-state index in [4.69, 9.17) is 0 Å². The molecule has 2 aromatic rings. The third-order valence-electron chi connectivity index (χ3n) is 3.56. The van der Waals surface area contributed by atoms with Crippen molar-refractivity contribution in [2.45, 2.75) is 13.3 Å². The van der Waals surface area contributed by atoms with Crippen LogP contribution in [0, 0.1) is 12.8 Å². The van der Waals surface area contributed by atoms with Crippen LogP contribution in [-0.4, -0.2) is 28.8 Å². The molecule has 20 heavy (non-hydrogen) atoms. The molecule has 2 heterocycles. The first-order valence-electron chi connectivity index (χ1n) is 6.87. The largest absolute Gasteiger partial charge is 0.324 e. The molecule has 5 heteroatoms. The minimum absolute atomic E-state index is 0.0578. The van der Waals surface area contributed by atoms with E-state index in [0.717, 1.165) is 36.6 Å². The van der Waals surface area contributed by atoms with E-state index in [1.54, 1.807) is 4.68 Å². The van der Waals surface area contributed by atoms with E-state index < -0.39 is 0 Å². The Bertz CT molecular complexity index is 614. The highest BCUT2D eigenvalue weighted by Gasteiger charge is 2.23. The fourth-order valence-electron chi connectivity index (χ4n) is 2.44. The highest BCUT2D eigenvalue weighted by Crippen LogP contribution is 2.21. The minimum Gasteiger partial charge on any atom is -0.324 e. The molecule has 3 rings (SSSR count). The molecule has 1 amide bonds. The molecule has 1 unspecified atom stereocenters. The second-order valence-corrected chi connectivity index (χ2v) is 5.10. The van der Waals surface area contributed by atoms with E-state index in [9.17, 15) is 4.79 Å². The van der Waals surface area contributed by atoms with Gasteiger partial charge in [0.25, 0.3) is 0 Å². The van der Waals surface area contributed by atoms with E-state index in [0.29, 0.717) is 0 Å². The number of anilines is 1. The Morgan fingerprint density at radius 2 is 2.25 bits per heavy atom. The van der Waals surface area contributed by atoms with Crippen molar-refractivity contribution in [3.05, 3.63) is 42.2 Å². The van der Waals surface area contributed by atoms with Crippen molar-refractivity contribution in [3.63, 3.8) is 0 Å². The Labute approximate surface area is 118 Å². The van der Waals surface area contributed by atoms with Crippen LogP contribution in [0.5, 0.6) is 0 Å². The number of nitrogens with one attached hydrogen (secondary N) is 2. The smallest absolute Gasteiger partial charge is 0.228 e. The summed E-state index contributed by atoms with van der Waals surface area (Å²) in [5.74, 6) is 0.133. The van der Waals surface area contributed by atoms with E-state index >= 15 is 0 Å². The summed E-state index contributed by atoms with van der Waals surface area (Å²) in [4.78, 5) is 12.2. The van der Waals surface area contributed by atoms with Crippen LogP contribution >= 0.6 is 0 Å². The summed E-state index contributed by atoms with van der Waals surface area (Å²) in [6.07, 6.45) is 2.80. The molecular formula is C15H18N4O. The molecule has 0 spiro atoms. The molecular weight excluding hydrogens is 252 g/mol. The fraction of sp³-hybridized carbons (Fsp3) is 0.333. The topological polar surface area (TPSA) is 59.0 Å². The lowest BCUT2D eigenvalue weighted by molar-refractivity contribution is -0.119. The molecule has 104 valence electrons. The number of nitrogens with zero attached hydrogens (tertiary/aromatic N) is 2. The number of hydrogen-bond acceptors (Lipinski definition) is 3. The van der Waals surface area contributed by atoms with Gasteiger partial charge in [-0.3, -0.25) is 4.79 Å². The molecule has 5 nitrogen and oxygen atoms in total. The number of para-hydroxylation sites is 2. The van der Waals surface area contributed by atoms with Crippen molar-refractivity contribution in [3.8, 4) is 5.69 Å². The number of aryl methyl sites for hydroxylation is 1. The van der Waals surface area contributed by atoms with Gasteiger partial charge in [0.2, 0.25) is 5.91 Å². The number of carbonyl (C=O) groups excluding carboxylic acids is 1. The summed E-state index contributed by atoms with van der Waals surface area (Å²) in [6, 6.07) is 9.67. The first-order valence-corrected chi connectivity index (χ1v) is 6.87. The molecule has 1 fully saturated rings. The van der Waals surface area contributed by atoms with Crippen LogP contribution in [0.15, 0.2) is 36.5 Å². The Hall–Kier alpha value is -2.14. The van der Waals surface area contributed by atoms with Crippen molar-refractivity contribution in [2.75, 3.05) is 18.4 Å². The third-order valence-corrected chi connectivity index (χ3v) is 3.56. The molecule has 1 aromatic heterocycles. The monoisotopic (exact) mass is 270 g/mol. The van der Waals surface area contributed by atoms with Gasteiger partial charge in [0.15, 0.2) is 0 Å². The van der Waals surface area contributed by atoms with Crippen LogP contribution in [0.3, 0.4) is 0 Å². The van der Waals surface area contributed by atoms with Gasteiger partial charge < -0.3 is 10.6 Å². The highest BCUT2D eigenvalue weighted by molar-refractivity contribution is 5.94. The van der Waals surface area contributed by atoms with E-state index in [-0.39, 0.29) is 11.8 Å². The standard InChI is InChI=1S/C15H18N4O/c1-11-7-9-19(18-11)14-5-3-2-4-13(14)17-15(20)12-6-8-16-10-12/h2-5,7,9,12,16H,6,8,10H2,1H3,(H,17,20). The zero-order valence-corrected chi connectivity index (χ0v) is 11.5. The quantitative estimate of drug-likeness (QED) is 0.893. The molecule has 1 aliphatic rings. The number of amides is 1. The highest BCUT2D eigenvalue weighted by atomic mass is 16.1. The zero-order valence-electron chi connectivity index (χ0n) is 11.5. The number of aromatic nitrogens is 2. The zero-order chi connectivity index (χ0) is 13.9. The predicted octanol–water partition coefficient (Wildman–Crippen LogP) is 1.73. The maximum atomic E-state index is 12.2. The molecule has 0 aliphatic carbocycles. The lowest BCUT2D eigenvalue weighted by Gasteiger charge is -2.13. The van der Waals surface area contributed by atoms with E-state index in [1.807, 2.05) is 43.5 Å². The van der Waals surface area contributed by atoms with Crippen LogP contribution in [0.4, 0.5) is 5.69 Å². The summed E-state index contributed by atoms with van der Waals surface area (Å²) in [6.45, 7) is 3.62. The van der Waals surface area contributed by atoms with Crippen LogP contribution in [-0.2, 0) is 4.79 Å². The Morgan fingerprint density at radius 1 is 1.40 bits per heavy atom. The van der Waals surface area contributed by atoms with Gasteiger partial charge in [0, 0.05) is 12.7 Å². The fourth-order valence-corrected chi connectivity index (χ4v) is 2.44. The van der Waals surface area contributed by atoms with Gasteiger partial charge in [-0.1, -0.05) is 12.1 Å². The molecule has 1 aliphatic heterocycles. The molecule has 0 saturated carbocycles. The Kier molecular flexibility index (Phi) is 3.52. The number of hydrogen-bond donors (Lipinski definition) is 2. The van der Waals surface area contributed by atoms with Crippen LogP contribution < -0.4 is 10.6 Å². The van der Waals surface area contributed by atoms with Gasteiger partial charge in [-0.15, -0.1) is 0 Å². The average molecular weight is 270 g/mol. The first kappa shape index (κ1) is 12.9. The molecule has 0 bridgehead atoms. The number of carbonyl (C=O) groups is 1. The van der Waals surface area contributed by atoms with Crippen LogP contribution in [0.25, 0.3) is 5.69 Å². The van der Waals surface area contributed by atoms with Gasteiger partial charge in [-0.25, -0.2) is 4.68 Å². The Balaban J connectivity index is 1.84. The first-order chi connectivity index (χ1) is 9.74. The summed E-state index contributed by atoms with van der Waals surface area (Å²) < 4.78 is 1.79. The third kappa shape index (κ3) is 2.58. The average Bonchev–Trinajstić information content (AvgIpc) is 3.10. The van der Waals surface area contributed by atoms with Crippen LogP contribution in [0.2, 0.25) is 0 Å². The summed E-state index contributed by atoms with van der Waals surface area (Å²) in [7, 11) is 0. The maximum absolute atomic E-state index is 12.2. The molecule has 1 saturated heterocycles. The van der Waals surface area contributed by atoms with Gasteiger partial charge in [0.05, 0.1) is 23.0 Å². The van der Waals surface area contributed by atoms with E-state index in [1.165, 1.54) is 0 Å². The van der Waals surface area contributed by atoms with Gasteiger partial charge in [0.1, 0.15) is 0 Å².